The fraction of sp³-hybridized carbons (Fsp3) is 0.100. The van der Waals surface area contributed by atoms with Crippen LogP contribution in [0.15, 0.2) is 135 Å². The first-order valence-corrected chi connectivity index (χ1v) is 16.2. The number of benzene rings is 2. The number of anilines is 2. The second-order valence-electron chi connectivity index (χ2n) is 12.6. The molecule has 6 aromatic rings. The molecule has 2 aliphatic heterocycles. The first kappa shape index (κ1) is 29.5. The summed E-state index contributed by atoms with van der Waals surface area (Å²) in [4.78, 5) is 75.9. The zero-order chi connectivity index (χ0) is 33.9. The largest absolute Gasteiger partial charge is 0.274 e. The van der Waals surface area contributed by atoms with E-state index >= 15 is 0 Å². The number of rotatable bonds is 6. The molecule has 3 aliphatic rings. The molecule has 4 atom stereocenters. The molecule has 3 fully saturated rings. The molecule has 50 heavy (non-hydrogen) atoms. The Morgan fingerprint density at radius 2 is 0.700 bits per heavy atom. The monoisotopic (exact) mass is 654 g/mol. The van der Waals surface area contributed by atoms with Gasteiger partial charge in [-0.2, -0.15) is 0 Å². The highest BCUT2D eigenvalue weighted by atomic mass is 16.2. The number of pyridine rings is 4. The van der Waals surface area contributed by atoms with Gasteiger partial charge in [0, 0.05) is 66.3 Å². The van der Waals surface area contributed by atoms with Crippen molar-refractivity contribution in [1.29, 1.82) is 0 Å². The molecular weight excluding hydrogens is 628 g/mol. The lowest BCUT2D eigenvalue weighted by atomic mass is 9.59. The van der Waals surface area contributed by atoms with E-state index in [9.17, 15) is 19.2 Å². The first-order valence-electron chi connectivity index (χ1n) is 16.2. The van der Waals surface area contributed by atoms with E-state index < -0.39 is 47.3 Å². The van der Waals surface area contributed by atoms with E-state index in [4.69, 9.17) is 0 Å². The molecule has 6 heterocycles. The molecule has 4 unspecified atom stereocenters. The minimum Gasteiger partial charge on any atom is -0.274 e. The van der Waals surface area contributed by atoms with Gasteiger partial charge in [0.15, 0.2) is 0 Å². The molecule has 1 aliphatic carbocycles. The molecule has 1 saturated carbocycles. The van der Waals surface area contributed by atoms with E-state index in [-0.39, 0.29) is 0 Å². The molecule has 0 radical (unpaired) electrons. The number of carbonyl (C=O) groups excluding carboxylic acids is 4. The summed E-state index contributed by atoms with van der Waals surface area (Å²) in [5.74, 6) is -5.64. The van der Waals surface area contributed by atoms with Crippen LogP contribution < -0.4 is 9.80 Å². The van der Waals surface area contributed by atoms with Gasteiger partial charge in [-0.05, 0) is 94.5 Å². The fourth-order valence-electron chi connectivity index (χ4n) is 7.59. The quantitative estimate of drug-likeness (QED) is 0.205. The highest BCUT2D eigenvalue weighted by Gasteiger charge is 2.73. The molecular formula is C40H26N6O4. The van der Waals surface area contributed by atoms with Crippen LogP contribution >= 0.6 is 0 Å². The molecule has 4 aromatic heterocycles. The maximum Gasteiger partial charge on any atom is 0.238 e. The van der Waals surface area contributed by atoms with Crippen LogP contribution in [0.25, 0.3) is 44.5 Å². The van der Waals surface area contributed by atoms with E-state index in [1.165, 1.54) is 0 Å². The standard InChI is InChI=1S/C40H26N6O4/c47-37-33-34(38(48)45(37)31-16-27(23-7-12-41-13-8-23)14-28(17-31)24-4-1-9-42-20-24)36-35(33)39(49)46(40(36)50)32-18-29(25-5-2-10-43-21-25)15-30(19-32)26-6-3-11-44-22-26/h1-22,33-36H. The van der Waals surface area contributed by atoms with Crippen molar-refractivity contribution in [3.05, 3.63) is 135 Å². The second kappa shape index (κ2) is 11.5. The predicted octanol–water partition coefficient (Wildman–Crippen LogP) is 5.86. The normalized spacial score (nSPS) is 20.9. The van der Waals surface area contributed by atoms with Crippen LogP contribution in [-0.2, 0) is 19.2 Å². The van der Waals surface area contributed by atoms with Crippen LogP contribution in [0, 0.1) is 23.7 Å². The molecule has 0 bridgehead atoms. The Labute approximate surface area is 286 Å². The lowest BCUT2D eigenvalue weighted by molar-refractivity contribution is -0.146. The molecule has 10 nitrogen and oxygen atoms in total. The third-order valence-electron chi connectivity index (χ3n) is 9.92. The Hall–Kier alpha value is -6.68. The van der Waals surface area contributed by atoms with Gasteiger partial charge in [0.05, 0.1) is 35.0 Å². The zero-order valence-electron chi connectivity index (χ0n) is 26.3. The Bertz CT molecular complexity index is 2010. The first-order chi connectivity index (χ1) is 24.5. The summed E-state index contributed by atoms with van der Waals surface area (Å²) in [5, 5.41) is 0. The van der Waals surface area contributed by atoms with E-state index in [1.807, 2.05) is 60.7 Å². The number of imide groups is 2. The summed E-state index contributed by atoms with van der Waals surface area (Å²) in [5.41, 5.74) is 7.07. The Morgan fingerprint density at radius 1 is 0.360 bits per heavy atom. The average Bonchev–Trinajstić information content (AvgIpc) is 3.49. The second-order valence-corrected chi connectivity index (χ2v) is 12.6. The molecule has 2 aromatic carbocycles. The van der Waals surface area contributed by atoms with Crippen molar-refractivity contribution in [2.75, 3.05) is 9.80 Å². The third kappa shape index (κ3) is 4.56. The number of aromatic nitrogens is 4. The van der Waals surface area contributed by atoms with Crippen molar-refractivity contribution in [2.45, 2.75) is 0 Å². The van der Waals surface area contributed by atoms with Crippen LogP contribution in [0.1, 0.15) is 0 Å². The van der Waals surface area contributed by atoms with Gasteiger partial charge in [0.1, 0.15) is 0 Å². The zero-order valence-corrected chi connectivity index (χ0v) is 26.3. The van der Waals surface area contributed by atoms with Gasteiger partial charge in [-0.15, -0.1) is 0 Å². The van der Waals surface area contributed by atoms with Crippen LogP contribution in [0.3, 0.4) is 0 Å². The van der Waals surface area contributed by atoms with Crippen molar-refractivity contribution in [2.24, 2.45) is 23.7 Å². The predicted molar refractivity (Wildman–Crippen MR) is 185 cm³/mol. The Kier molecular flexibility index (Phi) is 6.77. The topological polar surface area (TPSA) is 126 Å². The van der Waals surface area contributed by atoms with Crippen molar-refractivity contribution < 1.29 is 19.2 Å². The van der Waals surface area contributed by atoms with Gasteiger partial charge in [0.2, 0.25) is 23.6 Å². The summed E-state index contributed by atoms with van der Waals surface area (Å²) in [6.07, 6.45) is 13.5. The average molecular weight is 655 g/mol. The van der Waals surface area contributed by atoms with Crippen LogP contribution in [0.4, 0.5) is 11.4 Å². The number of amides is 4. The minimum atomic E-state index is -0.931. The summed E-state index contributed by atoms with van der Waals surface area (Å²) >= 11 is 0. The minimum absolute atomic E-state index is 0.371. The van der Waals surface area contributed by atoms with E-state index in [2.05, 4.69) is 19.9 Å². The number of hydrogen-bond donors (Lipinski definition) is 0. The van der Waals surface area contributed by atoms with Gasteiger partial charge >= 0.3 is 0 Å². The highest BCUT2D eigenvalue weighted by molar-refractivity contribution is 6.32. The van der Waals surface area contributed by atoms with Crippen LogP contribution in [-0.4, -0.2) is 43.6 Å². The van der Waals surface area contributed by atoms with Crippen molar-refractivity contribution in [3.63, 3.8) is 0 Å². The fourth-order valence-corrected chi connectivity index (χ4v) is 7.59. The SMILES string of the molecule is O=C1C2C(C(=O)N1c1cc(-c3ccncc3)cc(-c3cccnc3)c1)C1C(=O)N(c3cc(-c4cccnc4)cc(-c4cccnc4)c3)C(=O)C21. The summed E-state index contributed by atoms with van der Waals surface area (Å²) in [6.45, 7) is 0. The molecule has 0 N–H and O–H groups in total. The highest BCUT2D eigenvalue weighted by Crippen LogP contribution is 2.58. The number of fused-ring (bicyclic) bond motifs is 4. The Morgan fingerprint density at radius 3 is 1.02 bits per heavy atom. The van der Waals surface area contributed by atoms with Crippen LogP contribution in [0.5, 0.6) is 0 Å². The molecule has 10 heteroatoms. The molecule has 2 saturated heterocycles. The maximum atomic E-state index is 14.2. The van der Waals surface area contributed by atoms with Crippen LogP contribution in [0.2, 0.25) is 0 Å². The summed E-state index contributed by atoms with van der Waals surface area (Å²) in [7, 11) is 0. The lowest BCUT2D eigenvalue weighted by Gasteiger charge is -2.36. The number of nitrogens with zero attached hydrogens (tertiary/aromatic N) is 6. The lowest BCUT2D eigenvalue weighted by Crippen LogP contribution is -2.50. The van der Waals surface area contributed by atoms with Crippen molar-refractivity contribution >= 4 is 35.0 Å². The van der Waals surface area contributed by atoms with Gasteiger partial charge < -0.3 is 0 Å². The molecule has 9 rings (SSSR count). The molecule has 4 amide bonds. The third-order valence-corrected chi connectivity index (χ3v) is 9.92. The van der Waals surface area contributed by atoms with E-state index in [1.54, 1.807) is 73.8 Å². The van der Waals surface area contributed by atoms with Crippen molar-refractivity contribution in [1.82, 2.24) is 19.9 Å². The maximum absolute atomic E-state index is 14.2. The van der Waals surface area contributed by atoms with Gasteiger partial charge in [0.25, 0.3) is 0 Å². The number of carbonyl (C=O) groups is 4. The summed E-state index contributed by atoms with van der Waals surface area (Å²) < 4.78 is 0. The van der Waals surface area contributed by atoms with Crippen molar-refractivity contribution in [3.8, 4) is 44.5 Å². The van der Waals surface area contributed by atoms with E-state index in [0.717, 1.165) is 54.3 Å². The summed E-state index contributed by atoms with van der Waals surface area (Å²) in [6, 6.07) is 25.9. The smallest absolute Gasteiger partial charge is 0.238 e. The Balaban J connectivity index is 1.08. The van der Waals surface area contributed by atoms with Gasteiger partial charge in [-0.1, -0.05) is 18.2 Å². The number of hydrogen-bond acceptors (Lipinski definition) is 8. The van der Waals surface area contributed by atoms with Gasteiger partial charge in [-0.25, -0.2) is 9.80 Å². The van der Waals surface area contributed by atoms with Gasteiger partial charge in [-0.3, -0.25) is 39.1 Å². The van der Waals surface area contributed by atoms with E-state index in [0.29, 0.717) is 11.4 Å². The molecule has 0 spiro atoms. The molecule has 240 valence electrons.